The van der Waals surface area contributed by atoms with Crippen molar-refractivity contribution < 1.29 is 33.5 Å². The number of hydrogen-bond donors (Lipinski definition) is 2. The largest absolute Gasteiger partial charge is 0.484 e. The Morgan fingerprint density at radius 3 is 2.61 bits per heavy atom. The first-order chi connectivity index (χ1) is 21.9. The predicted molar refractivity (Wildman–Crippen MR) is 167 cm³/mol. The molecule has 1 unspecified atom stereocenters. The minimum Gasteiger partial charge on any atom is -0.484 e. The molecule has 3 heterocycles. The van der Waals surface area contributed by atoms with E-state index in [4.69, 9.17) is 4.74 Å². The number of amides is 6. The Balaban J connectivity index is 1.08. The summed E-state index contributed by atoms with van der Waals surface area (Å²) < 4.78 is 5.72. The number of piperidine rings is 1. The van der Waals surface area contributed by atoms with Crippen molar-refractivity contribution >= 4 is 35.4 Å². The Bertz CT molecular complexity index is 1660. The van der Waals surface area contributed by atoms with Crippen molar-refractivity contribution in [2.75, 3.05) is 19.7 Å². The molecule has 3 aliphatic heterocycles. The molecule has 1 saturated heterocycles. The Kier molecular flexibility index (Phi) is 9.56. The average molecular weight is 627 g/mol. The molecule has 46 heavy (non-hydrogen) atoms. The van der Waals surface area contributed by atoms with E-state index in [1.807, 2.05) is 23.1 Å². The maximum Gasteiger partial charge on any atom is 0.263 e. The Labute approximate surface area is 268 Å². The zero-order chi connectivity index (χ0) is 33.0. The molecule has 2 aromatic rings. The van der Waals surface area contributed by atoms with Crippen LogP contribution >= 0.6 is 0 Å². The summed E-state index contributed by atoms with van der Waals surface area (Å²) in [6.07, 6.45) is 2.40. The van der Waals surface area contributed by atoms with Crippen molar-refractivity contribution in [2.24, 2.45) is 5.41 Å². The van der Waals surface area contributed by atoms with E-state index in [1.165, 1.54) is 11.6 Å². The summed E-state index contributed by atoms with van der Waals surface area (Å²) >= 11 is 0. The van der Waals surface area contributed by atoms with Crippen LogP contribution < -0.4 is 15.4 Å². The monoisotopic (exact) mass is 626 g/mol. The van der Waals surface area contributed by atoms with Gasteiger partial charge in [0.1, 0.15) is 11.8 Å². The van der Waals surface area contributed by atoms with Crippen LogP contribution in [0, 0.1) is 17.3 Å². The van der Waals surface area contributed by atoms with Gasteiger partial charge < -0.3 is 15.0 Å². The summed E-state index contributed by atoms with van der Waals surface area (Å²) in [7, 11) is 0. The molecule has 6 amide bonds. The Morgan fingerprint density at radius 2 is 1.85 bits per heavy atom. The Hall–Kier alpha value is -4.98. The number of carbonyl (C=O) groups is 6. The van der Waals surface area contributed by atoms with Gasteiger partial charge in [-0.15, -0.1) is 0 Å². The van der Waals surface area contributed by atoms with Gasteiger partial charge in [-0.05, 0) is 60.1 Å². The SMILES string of the molecule is CC(C)(C)CC(=O)N1CCc2ccc(OCC(=O)NCCCC#Cc3cccc4c3C(=O)N(C3CCC(=O)NC3=O)C4=O)cc2C1. The number of carbonyl (C=O) groups excluding carboxylic acids is 6. The van der Waals surface area contributed by atoms with Gasteiger partial charge in [0.05, 0.1) is 11.1 Å². The number of nitrogens with one attached hydrogen (secondary N) is 2. The number of ether oxygens (including phenoxy) is 1. The first kappa shape index (κ1) is 32.4. The third kappa shape index (κ3) is 7.45. The molecule has 1 fully saturated rings. The summed E-state index contributed by atoms with van der Waals surface area (Å²) in [6.45, 7) is 7.62. The van der Waals surface area contributed by atoms with Crippen molar-refractivity contribution in [3.63, 3.8) is 0 Å². The molecule has 11 nitrogen and oxygen atoms in total. The number of imide groups is 2. The molecule has 0 bridgehead atoms. The molecule has 2 N–H and O–H groups in total. The van der Waals surface area contributed by atoms with Crippen LogP contribution in [0.3, 0.4) is 0 Å². The first-order valence-corrected chi connectivity index (χ1v) is 15.5. The zero-order valence-electron chi connectivity index (χ0n) is 26.4. The number of rotatable bonds is 8. The molecule has 2 aromatic carbocycles. The average Bonchev–Trinajstić information content (AvgIpc) is 3.26. The smallest absolute Gasteiger partial charge is 0.263 e. The summed E-state index contributed by atoms with van der Waals surface area (Å²) in [5, 5.41) is 5.00. The molecule has 0 radical (unpaired) electrons. The van der Waals surface area contributed by atoms with Crippen LogP contribution in [-0.2, 0) is 32.1 Å². The van der Waals surface area contributed by atoms with Crippen LogP contribution in [0.1, 0.15) is 90.3 Å². The van der Waals surface area contributed by atoms with Crippen LogP contribution in [0.15, 0.2) is 36.4 Å². The second-order valence-corrected chi connectivity index (χ2v) is 13.0. The van der Waals surface area contributed by atoms with Crippen molar-refractivity contribution in [3.8, 4) is 17.6 Å². The number of fused-ring (bicyclic) bond motifs is 2. The predicted octanol–water partition coefficient (Wildman–Crippen LogP) is 2.74. The Morgan fingerprint density at radius 1 is 1.04 bits per heavy atom. The highest BCUT2D eigenvalue weighted by molar-refractivity contribution is 6.24. The quantitative estimate of drug-likeness (QED) is 0.261. The minimum atomic E-state index is -1.04. The molecule has 0 aliphatic carbocycles. The van der Waals surface area contributed by atoms with E-state index in [9.17, 15) is 28.8 Å². The molecule has 5 rings (SSSR count). The topological polar surface area (TPSA) is 142 Å². The lowest BCUT2D eigenvalue weighted by Gasteiger charge is -2.31. The molecular weight excluding hydrogens is 588 g/mol. The molecule has 3 aliphatic rings. The lowest BCUT2D eigenvalue weighted by atomic mass is 9.90. The van der Waals surface area contributed by atoms with Gasteiger partial charge in [0, 0.05) is 44.5 Å². The normalized spacial score (nSPS) is 17.5. The molecular formula is C35H38N4O7. The molecule has 0 aromatic heterocycles. The standard InChI is InChI=1S/C35H38N4O7/c1-35(2,3)19-30(42)38-17-15-22-11-12-25(18-24(22)20-38)46-21-29(41)36-16-6-4-5-8-23-9-7-10-26-31(23)34(45)39(33(26)44)27-13-14-28(40)37-32(27)43/h7,9-12,18,27H,4,6,13-17,19-21H2,1-3H3,(H,36,41)(H,37,40,43). The number of unbranched alkanes of at least 4 members (excludes halogenated alkanes) is 1. The third-order valence-electron chi connectivity index (χ3n) is 8.09. The lowest BCUT2D eigenvalue weighted by molar-refractivity contribution is -0.136. The van der Waals surface area contributed by atoms with E-state index in [0.717, 1.165) is 16.9 Å². The van der Waals surface area contributed by atoms with Gasteiger partial charge in [0.2, 0.25) is 17.7 Å². The van der Waals surface area contributed by atoms with E-state index in [-0.39, 0.29) is 47.8 Å². The van der Waals surface area contributed by atoms with Crippen molar-refractivity contribution in [1.82, 2.24) is 20.4 Å². The van der Waals surface area contributed by atoms with E-state index in [1.54, 1.807) is 12.1 Å². The van der Waals surface area contributed by atoms with Gasteiger partial charge in [0.15, 0.2) is 6.61 Å². The molecule has 0 saturated carbocycles. The van der Waals surface area contributed by atoms with Crippen molar-refractivity contribution in [2.45, 2.75) is 71.9 Å². The molecule has 1 atom stereocenters. The first-order valence-electron chi connectivity index (χ1n) is 15.5. The maximum absolute atomic E-state index is 13.2. The third-order valence-corrected chi connectivity index (χ3v) is 8.09. The van der Waals surface area contributed by atoms with Gasteiger partial charge in [-0.3, -0.25) is 39.0 Å². The van der Waals surface area contributed by atoms with Crippen LogP contribution in [0.25, 0.3) is 0 Å². The number of hydrogen-bond acceptors (Lipinski definition) is 7. The van der Waals surface area contributed by atoms with Crippen molar-refractivity contribution in [3.05, 3.63) is 64.2 Å². The van der Waals surface area contributed by atoms with E-state index < -0.39 is 29.7 Å². The maximum atomic E-state index is 13.2. The fraction of sp³-hybridized carbons (Fsp3) is 0.429. The summed E-state index contributed by atoms with van der Waals surface area (Å²) in [6, 6.07) is 9.50. The fourth-order valence-corrected chi connectivity index (χ4v) is 5.78. The summed E-state index contributed by atoms with van der Waals surface area (Å²) in [5.41, 5.74) is 2.86. The van der Waals surface area contributed by atoms with Gasteiger partial charge >= 0.3 is 0 Å². The minimum absolute atomic E-state index is 0.0488. The highest BCUT2D eigenvalue weighted by atomic mass is 16.5. The second-order valence-electron chi connectivity index (χ2n) is 13.0. The van der Waals surface area contributed by atoms with Gasteiger partial charge in [0.25, 0.3) is 17.7 Å². The van der Waals surface area contributed by atoms with E-state index in [2.05, 4.69) is 43.2 Å². The molecule has 0 spiro atoms. The van der Waals surface area contributed by atoms with Gasteiger partial charge in [-0.2, -0.15) is 0 Å². The zero-order valence-corrected chi connectivity index (χ0v) is 26.4. The summed E-state index contributed by atoms with van der Waals surface area (Å²) in [5.74, 6) is 4.12. The van der Waals surface area contributed by atoms with Crippen LogP contribution in [-0.4, -0.2) is 71.0 Å². The summed E-state index contributed by atoms with van der Waals surface area (Å²) in [4.78, 5) is 77.9. The fourth-order valence-electron chi connectivity index (χ4n) is 5.78. The second kappa shape index (κ2) is 13.6. The number of nitrogens with zero attached hydrogens (tertiary/aromatic N) is 2. The van der Waals surface area contributed by atoms with E-state index in [0.29, 0.717) is 50.2 Å². The lowest BCUT2D eigenvalue weighted by Crippen LogP contribution is -2.54. The van der Waals surface area contributed by atoms with Crippen LogP contribution in [0.5, 0.6) is 5.75 Å². The van der Waals surface area contributed by atoms with Crippen molar-refractivity contribution in [1.29, 1.82) is 0 Å². The van der Waals surface area contributed by atoms with Gasteiger partial charge in [-0.1, -0.05) is 44.7 Å². The van der Waals surface area contributed by atoms with Crippen LogP contribution in [0.2, 0.25) is 0 Å². The number of benzene rings is 2. The molecule has 11 heteroatoms. The molecule has 240 valence electrons. The van der Waals surface area contributed by atoms with Gasteiger partial charge in [-0.25, -0.2) is 0 Å². The van der Waals surface area contributed by atoms with E-state index >= 15 is 0 Å². The van der Waals surface area contributed by atoms with Crippen LogP contribution in [0.4, 0.5) is 0 Å². The highest BCUT2D eigenvalue weighted by Gasteiger charge is 2.45. The highest BCUT2D eigenvalue weighted by Crippen LogP contribution is 2.30.